The first-order valence-electron chi connectivity index (χ1n) is 5.37. The van der Waals surface area contributed by atoms with E-state index in [1.165, 1.54) is 0 Å². The van der Waals surface area contributed by atoms with E-state index in [-0.39, 0.29) is 0 Å². The van der Waals surface area contributed by atoms with Crippen LogP contribution in [0.4, 0.5) is 11.4 Å². The van der Waals surface area contributed by atoms with E-state index in [1.807, 2.05) is 49.2 Å². The van der Waals surface area contributed by atoms with Crippen LogP contribution < -0.4 is 4.90 Å². The minimum absolute atomic E-state index is 0.668. The molecule has 0 bridgehead atoms. The molecule has 1 aromatic heterocycles. The highest BCUT2D eigenvalue weighted by atomic mass is 15.1. The molecule has 1 heterocycles. The Morgan fingerprint density at radius 1 is 1.29 bits per heavy atom. The van der Waals surface area contributed by atoms with E-state index >= 15 is 0 Å². The maximum atomic E-state index is 9.11. The molecule has 0 saturated heterocycles. The Kier molecular flexibility index (Phi) is 3.06. The molecule has 2 rings (SSSR count). The number of benzene rings is 1. The summed E-state index contributed by atoms with van der Waals surface area (Å²) in [5.41, 5.74) is 3.67. The SMILES string of the molecule is Cc1ccc(C#N)c(N(C)c2cccnc2)c1. The van der Waals surface area contributed by atoms with Gasteiger partial charge in [0.15, 0.2) is 0 Å². The number of nitrogens with zero attached hydrogens (tertiary/aromatic N) is 3. The zero-order valence-corrected chi connectivity index (χ0v) is 9.88. The number of aromatic nitrogens is 1. The molecule has 84 valence electrons. The van der Waals surface area contributed by atoms with Crippen LogP contribution in [0.25, 0.3) is 0 Å². The zero-order valence-electron chi connectivity index (χ0n) is 9.88. The summed E-state index contributed by atoms with van der Waals surface area (Å²) in [5, 5.41) is 9.11. The van der Waals surface area contributed by atoms with Crippen LogP contribution in [0.1, 0.15) is 11.1 Å². The van der Waals surface area contributed by atoms with Gasteiger partial charge in [0, 0.05) is 13.2 Å². The molecule has 3 nitrogen and oxygen atoms in total. The molecule has 0 aliphatic heterocycles. The van der Waals surface area contributed by atoms with Gasteiger partial charge in [-0.25, -0.2) is 0 Å². The quantitative estimate of drug-likeness (QED) is 0.785. The number of hydrogen-bond acceptors (Lipinski definition) is 3. The lowest BCUT2D eigenvalue weighted by Crippen LogP contribution is -2.11. The van der Waals surface area contributed by atoms with Crippen LogP contribution >= 0.6 is 0 Å². The molecule has 0 fully saturated rings. The minimum Gasteiger partial charge on any atom is -0.342 e. The van der Waals surface area contributed by atoms with Crippen molar-refractivity contribution in [2.75, 3.05) is 11.9 Å². The average molecular weight is 223 g/mol. The molecule has 0 radical (unpaired) electrons. The van der Waals surface area contributed by atoms with Gasteiger partial charge in [0.05, 0.1) is 23.1 Å². The van der Waals surface area contributed by atoms with Gasteiger partial charge in [-0.15, -0.1) is 0 Å². The van der Waals surface area contributed by atoms with Crippen LogP contribution in [0.5, 0.6) is 0 Å². The molecule has 0 N–H and O–H groups in total. The molecule has 0 unspecified atom stereocenters. The maximum absolute atomic E-state index is 9.11. The second-order valence-electron chi connectivity index (χ2n) is 3.90. The number of anilines is 2. The third-order valence-electron chi connectivity index (χ3n) is 2.67. The van der Waals surface area contributed by atoms with E-state index in [1.54, 1.807) is 12.4 Å². The highest BCUT2D eigenvalue weighted by molar-refractivity contribution is 5.68. The van der Waals surface area contributed by atoms with Gasteiger partial charge in [0.1, 0.15) is 6.07 Å². The van der Waals surface area contributed by atoms with E-state index in [0.29, 0.717) is 5.56 Å². The van der Waals surface area contributed by atoms with Gasteiger partial charge >= 0.3 is 0 Å². The van der Waals surface area contributed by atoms with Crippen molar-refractivity contribution in [2.24, 2.45) is 0 Å². The third kappa shape index (κ3) is 2.26. The number of nitriles is 1. The Hall–Kier alpha value is -2.34. The molecule has 0 aliphatic rings. The predicted molar refractivity (Wildman–Crippen MR) is 68.2 cm³/mol. The van der Waals surface area contributed by atoms with Gasteiger partial charge in [-0.1, -0.05) is 6.07 Å². The summed E-state index contributed by atoms with van der Waals surface area (Å²) in [4.78, 5) is 6.06. The van der Waals surface area contributed by atoms with Crippen LogP contribution in [0.2, 0.25) is 0 Å². The number of hydrogen-bond donors (Lipinski definition) is 0. The summed E-state index contributed by atoms with van der Waals surface area (Å²) in [7, 11) is 1.94. The Balaban J connectivity index is 2.47. The van der Waals surface area contributed by atoms with Crippen LogP contribution in [0, 0.1) is 18.3 Å². The molecule has 17 heavy (non-hydrogen) atoms. The number of pyridine rings is 1. The van der Waals surface area contributed by atoms with Gasteiger partial charge in [-0.05, 0) is 36.8 Å². The summed E-state index contributed by atoms with van der Waals surface area (Å²) in [6, 6.07) is 11.9. The summed E-state index contributed by atoms with van der Waals surface area (Å²) < 4.78 is 0. The predicted octanol–water partition coefficient (Wildman–Crippen LogP) is 3.03. The van der Waals surface area contributed by atoms with E-state index in [4.69, 9.17) is 5.26 Å². The van der Waals surface area contributed by atoms with Crippen molar-refractivity contribution in [2.45, 2.75) is 6.92 Å². The largest absolute Gasteiger partial charge is 0.342 e. The van der Waals surface area contributed by atoms with Crippen LogP contribution in [0.3, 0.4) is 0 Å². The van der Waals surface area contributed by atoms with Crippen LogP contribution in [-0.2, 0) is 0 Å². The summed E-state index contributed by atoms with van der Waals surface area (Å²) >= 11 is 0. The first-order chi connectivity index (χ1) is 8.22. The van der Waals surface area contributed by atoms with Gasteiger partial charge in [-0.3, -0.25) is 4.98 Å². The summed E-state index contributed by atoms with van der Waals surface area (Å²) in [6.07, 6.45) is 3.52. The van der Waals surface area contributed by atoms with Gasteiger partial charge in [0.2, 0.25) is 0 Å². The van der Waals surface area contributed by atoms with Crippen molar-refractivity contribution < 1.29 is 0 Å². The Morgan fingerprint density at radius 2 is 2.12 bits per heavy atom. The Bertz CT molecular complexity index is 555. The van der Waals surface area contributed by atoms with Gasteiger partial charge in [0.25, 0.3) is 0 Å². The van der Waals surface area contributed by atoms with Crippen molar-refractivity contribution in [3.63, 3.8) is 0 Å². The molecule has 0 saturated carbocycles. The van der Waals surface area contributed by atoms with Crippen LogP contribution in [0.15, 0.2) is 42.7 Å². The third-order valence-corrected chi connectivity index (χ3v) is 2.67. The molecular weight excluding hydrogens is 210 g/mol. The molecule has 0 aliphatic carbocycles. The fourth-order valence-corrected chi connectivity index (χ4v) is 1.70. The minimum atomic E-state index is 0.668. The Labute approximate surface area is 101 Å². The second kappa shape index (κ2) is 4.67. The van der Waals surface area contributed by atoms with Crippen molar-refractivity contribution in [3.8, 4) is 6.07 Å². The lowest BCUT2D eigenvalue weighted by Gasteiger charge is -2.20. The standard InChI is InChI=1S/C14H13N3/c1-11-5-6-12(9-15)14(8-11)17(2)13-4-3-7-16-10-13/h3-8,10H,1-2H3. The fraction of sp³-hybridized carbons (Fsp3) is 0.143. The molecule has 1 aromatic carbocycles. The molecule has 2 aromatic rings. The summed E-state index contributed by atoms with van der Waals surface area (Å²) in [6.45, 7) is 2.02. The smallest absolute Gasteiger partial charge is 0.101 e. The van der Waals surface area contributed by atoms with Gasteiger partial charge < -0.3 is 4.90 Å². The Morgan fingerprint density at radius 3 is 2.76 bits per heavy atom. The lowest BCUT2D eigenvalue weighted by atomic mass is 10.1. The van der Waals surface area contributed by atoms with Gasteiger partial charge in [-0.2, -0.15) is 5.26 Å². The maximum Gasteiger partial charge on any atom is 0.101 e. The zero-order chi connectivity index (χ0) is 12.3. The van der Waals surface area contributed by atoms with Crippen molar-refractivity contribution in [3.05, 3.63) is 53.9 Å². The first-order valence-corrected chi connectivity index (χ1v) is 5.37. The molecule has 0 atom stereocenters. The van der Waals surface area contributed by atoms with Crippen molar-refractivity contribution >= 4 is 11.4 Å². The lowest BCUT2D eigenvalue weighted by molar-refractivity contribution is 1.16. The van der Waals surface area contributed by atoms with Crippen LogP contribution in [-0.4, -0.2) is 12.0 Å². The molecule has 0 amide bonds. The van der Waals surface area contributed by atoms with E-state index < -0.39 is 0 Å². The summed E-state index contributed by atoms with van der Waals surface area (Å²) in [5.74, 6) is 0. The molecular formula is C14H13N3. The normalized spacial score (nSPS) is 9.71. The second-order valence-corrected chi connectivity index (χ2v) is 3.90. The molecule has 3 heteroatoms. The fourth-order valence-electron chi connectivity index (χ4n) is 1.70. The topological polar surface area (TPSA) is 39.9 Å². The van der Waals surface area contributed by atoms with Crippen molar-refractivity contribution in [1.82, 2.24) is 4.98 Å². The monoisotopic (exact) mass is 223 g/mol. The molecule has 0 spiro atoms. The number of rotatable bonds is 2. The first kappa shape index (κ1) is 11.2. The van der Waals surface area contributed by atoms with E-state index in [9.17, 15) is 0 Å². The van der Waals surface area contributed by atoms with E-state index in [0.717, 1.165) is 16.9 Å². The van der Waals surface area contributed by atoms with E-state index in [2.05, 4.69) is 11.1 Å². The average Bonchev–Trinajstić information content (AvgIpc) is 2.39. The highest BCUT2D eigenvalue weighted by Gasteiger charge is 2.09. The number of aryl methyl sites for hydroxylation is 1. The van der Waals surface area contributed by atoms with Crippen molar-refractivity contribution in [1.29, 1.82) is 5.26 Å². The highest BCUT2D eigenvalue weighted by Crippen LogP contribution is 2.26.